The van der Waals surface area contributed by atoms with Gasteiger partial charge < -0.3 is 11.2 Å². The molecule has 1 aliphatic rings. The predicted octanol–water partition coefficient (Wildman–Crippen LogP) is 1.51. The predicted molar refractivity (Wildman–Crippen MR) is 70.7 cm³/mol. The van der Waals surface area contributed by atoms with Crippen molar-refractivity contribution in [1.29, 1.82) is 0 Å². The van der Waals surface area contributed by atoms with E-state index < -0.39 is 10.8 Å². The topological polar surface area (TPSA) is 102 Å². The monoisotopic (exact) mass is 264 g/mol. The molecule has 19 heavy (non-hydrogen) atoms. The summed E-state index contributed by atoms with van der Waals surface area (Å²) in [5, 5.41) is 12.9. The van der Waals surface area contributed by atoms with Crippen LogP contribution >= 0.6 is 0 Å². The second-order valence-corrected chi connectivity index (χ2v) is 4.51. The first-order valence-electron chi connectivity index (χ1n) is 6.18. The number of benzene rings is 1. The second-order valence-electron chi connectivity index (χ2n) is 4.51. The number of carbonyl (C=O) groups excluding carboxylic acids is 1. The summed E-state index contributed by atoms with van der Waals surface area (Å²) in [5.74, 6) is -0.600. The molecule has 0 unspecified atom stereocenters. The van der Waals surface area contributed by atoms with E-state index in [4.69, 9.17) is 5.73 Å². The number of nitrogens with zero attached hydrogens (tertiary/aromatic N) is 2. The Hall–Kier alpha value is -2.15. The summed E-state index contributed by atoms with van der Waals surface area (Å²) in [5.41, 5.74) is 8.71. The number of primary amides is 1. The van der Waals surface area contributed by atoms with Gasteiger partial charge in [-0.15, -0.1) is 0 Å². The van der Waals surface area contributed by atoms with Crippen LogP contribution in [0.1, 0.15) is 29.6 Å². The fourth-order valence-corrected chi connectivity index (χ4v) is 2.11. The number of nitrogens with two attached hydrogens (primary N) is 1. The van der Waals surface area contributed by atoms with Crippen molar-refractivity contribution in [2.24, 2.45) is 5.73 Å². The minimum Gasteiger partial charge on any atom is -0.366 e. The number of carbonyl (C=O) groups is 1. The van der Waals surface area contributed by atoms with Crippen LogP contribution in [0.25, 0.3) is 0 Å². The Morgan fingerprint density at radius 2 is 2.00 bits per heavy atom. The number of nitro benzene ring substituents is 1. The van der Waals surface area contributed by atoms with Crippen LogP contribution in [-0.4, -0.2) is 28.9 Å². The second kappa shape index (κ2) is 5.66. The molecule has 1 aliphatic heterocycles. The van der Waals surface area contributed by atoms with E-state index in [0.29, 0.717) is 5.69 Å². The van der Waals surface area contributed by atoms with E-state index in [-0.39, 0.29) is 11.3 Å². The van der Waals surface area contributed by atoms with Crippen LogP contribution in [0.4, 0.5) is 11.4 Å². The van der Waals surface area contributed by atoms with Gasteiger partial charge in [0.1, 0.15) is 5.69 Å². The molecule has 0 bridgehead atoms. The highest BCUT2D eigenvalue weighted by atomic mass is 16.6. The average molecular weight is 264 g/mol. The molecule has 1 saturated heterocycles. The van der Waals surface area contributed by atoms with Crippen LogP contribution in [-0.2, 0) is 0 Å². The number of rotatable bonds is 4. The van der Waals surface area contributed by atoms with E-state index in [1.807, 2.05) is 5.01 Å². The smallest absolute Gasteiger partial charge is 0.293 e. The molecule has 0 aromatic heterocycles. The number of anilines is 1. The zero-order valence-electron chi connectivity index (χ0n) is 10.5. The molecule has 0 spiro atoms. The summed E-state index contributed by atoms with van der Waals surface area (Å²) < 4.78 is 0. The van der Waals surface area contributed by atoms with Gasteiger partial charge in [-0.3, -0.25) is 14.9 Å². The van der Waals surface area contributed by atoms with Gasteiger partial charge in [-0.2, -0.15) is 0 Å². The van der Waals surface area contributed by atoms with Crippen LogP contribution in [0, 0.1) is 10.1 Å². The number of hydrazine groups is 1. The van der Waals surface area contributed by atoms with Crippen molar-refractivity contribution in [2.75, 3.05) is 18.5 Å². The van der Waals surface area contributed by atoms with Crippen molar-refractivity contribution in [3.8, 4) is 0 Å². The third kappa shape index (κ3) is 3.19. The van der Waals surface area contributed by atoms with E-state index in [1.54, 1.807) is 0 Å². The molecule has 7 heteroatoms. The van der Waals surface area contributed by atoms with Crippen LogP contribution in [0.15, 0.2) is 18.2 Å². The van der Waals surface area contributed by atoms with Gasteiger partial charge in [-0.1, -0.05) is 6.42 Å². The number of hydrogen-bond acceptors (Lipinski definition) is 5. The Morgan fingerprint density at radius 1 is 1.32 bits per heavy atom. The molecule has 0 saturated carbocycles. The van der Waals surface area contributed by atoms with Crippen LogP contribution in [0.5, 0.6) is 0 Å². The quantitative estimate of drug-likeness (QED) is 0.634. The van der Waals surface area contributed by atoms with Crippen LogP contribution in [0.3, 0.4) is 0 Å². The maximum atomic E-state index is 11.1. The molecule has 1 aromatic carbocycles. The number of hydrogen-bond donors (Lipinski definition) is 2. The lowest BCUT2D eigenvalue weighted by molar-refractivity contribution is -0.384. The molecule has 3 N–H and O–H groups in total. The standard InChI is InChI=1S/C12H16N4O3/c13-12(17)9-4-5-11(16(18)19)10(8-9)14-15-6-2-1-3-7-15/h4-5,8,14H,1-3,6-7H2,(H2,13,17). The molecule has 0 radical (unpaired) electrons. The molecule has 1 aromatic rings. The van der Waals surface area contributed by atoms with E-state index in [1.165, 1.54) is 24.6 Å². The lowest BCUT2D eigenvalue weighted by Gasteiger charge is -2.27. The minimum atomic E-state index is -0.600. The number of nitro groups is 1. The lowest BCUT2D eigenvalue weighted by atomic mass is 10.1. The van der Waals surface area contributed by atoms with Gasteiger partial charge in [0.25, 0.3) is 5.69 Å². The summed E-state index contributed by atoms with van der Waals surface area (Å²) in [6.45, 7) is 1.66. The number of amides is 1. The molecule has 1 fully saturated rings. The molecule has 1 heterocycles. The molecular weight excluding hydrogens is 248 g/mol. The van der Waals surface area contributed by atoms with Crippen molar-refractivity contribution in [3.63, 3.8) is 0 Å². The summed E-state index contributed by atoms with van der Waals surface area (Å²) >= 11 is 0. The summed E-state index contributed by atoms with van der Waals surface area (Å²) in [6.07, 6.45) is 3.27. The van der Waals surface area contributed by atoms with E-state index in [0.717, 1.165) is 25.9 Å². The van der Waals surface area contributed by atoms with Crippen molar-refractivity contribution in [2.45, 2.75) is 19.3 Å². The number of nitrogens with one attached hydrogen (secondary N) is 1. The Balaban J connectivity index is 2.26. The molecule has 102 valence electrons. The normalized spacial score (nSPS) is 16.0. The maximum absolute atomic E-state index is 11.1. The van der Waals surface area contributed by atoms with Gasteiger partial charge >= 0.3 is 0 Å². The molecule has 7 nitrogen and oxygen atoms in total. The van der Waals surface area contributed by atoms with Crippen molar-refractivity contribution >= 4 is 17.3 Å². The lowest BCUT2D eigenvalue weighted by Crippen LogP contribution is -2.35. The molecule has 1 amide bonds. The van der Waals surface area contributed by atoms with Gasteiger partial charge in [0.15, 0.2) is 0 Å². The highest BCUT2D eigenvalue weighted by Crippen LogP contribution is 2.26. The van der Waals surface area contributed by atoms with Gasteiger partial charge in [-0.25, -0.2) is 5.01 Å². The van der Waals surface area contributed by atoms with Crippen LogP contribution < -0.4 is 11.2 Å². The first kappa shape index (κ1) is 13.3. The Labute approximate surface area is 110 Å². The van der Waals surface area contributed by atoms with Gasteiger partial charge in [0.05, 0.1) is 4.92 Å². The summed E-state index contributed by atoms with van der Waals surface area (Å²) in [6, 6.07) is 4.09. The molecule has 2 rings (SSSR count). The van der Waals surface area contributed by atoms with E-state index >= 15 is 0 Å². The molecule has 0 aliphatic carbocycles. The fourth-order valence-electron chi connectivity index (χ4n) is 2.11. The van der Waals surface area contributed by atoms with Crippen molar-refractivity contribution in [1.82, 2.24) is 5.01 Å². The Kier molecular flexibility index (Phi) is 3.96. The van der Waals surface area contributed by atoms with Gasteiger partial charge in [0, 0.05) is 24.7 Å². The third-order valence-electron chi connectivity index (χ3n) is 3.11. The summed E-state index contributed by atoms with van der Waals surface area (Å²) in [4.78, 5) is 21.6. The van der Waals surface area contributed by atoms with E-state index in [2.05, 4.69) is 5.43 Å². The largest absolute Gasteiger partial charge is 0.366 e. The highest BCUT2D eigenvalue weighted by molar-refractivity contribution is 5.94. The van der Waals surface area contributed by atoms with Crippen LogP contribution in [0.2, 0.25) is 0 Å². The molecule has 0 atom stereocenters. The first-order chi connectivity index (χ1) is 9.08. The molecular formula is C12H16N4O3. The van der Waals surface area contributed by atoms with Gasteiger partial charge in [-0.05, 0) is 25.0 Å². The fraction of sp³-hybridized carbons (Fsp3) is 0.417. The maximum Gasteiger partial charge on any atom is 0.293 e. The Morgan fingerprint density at radius 3 is 2.58 bits per heavy atom. The minimum absolute atomic E-state index is 0.0597. The average Bonchev–Trinajstić information content (AvgIpc) is 2.39. The van der Waals surface area contributed by atoms with Gasteiger partial charge in [0.2, 0.25) is 5.91 Å². The van der Waals surface area contributed by atoms with Crippen molar-refractivity contribution in [3.05, 3.63) is 33.9 Å². The number of piperidine rings is 1. The highest BCUT2D eigenvalue weighted by Gasteiger charge is 2.19. The third-order valence-corrected chi connectivity index (χ3v) is 3.11. The SMILES string of the molecule is NC(=O)c1ccc([N+](=O)[O-])c(NN2CCCCC2)c1. The van der Waals surface area contributed by atoms with E-state index in [9.17, 15) is 14.9 Å². The van der Waals surface area contributed by atoms with Crippen molar-refractivity contribution < 1.29 is 9.72 Å². The first-order valence-corrected chi connectivity index (χ1v) is 6.18. The summed E-state index contributed by atoms with van der Waals surface area (Å²) in [7, 11) is 0. The zero-order valence-corrected chi connectivity index (χ0v) is 10.5. The zero-order chi connectivity index (χ0) is 13.8. The Bertz CT molecular complexity index is 498.